The summed E-state index contributed by atoms with van der Waals surface area (Å²) in [4.78, 5) is 49.2. The fourth-order valence-electron chi connectivity index (χ4n) is 4.13. The minimum absolute atomic E-state index is 0.0388. The van der Waals surface area contributed by atoms with Crippen LogP contribution in [0.15, 0.2) is 88.8 Å². The van der Waals surface area contributed by atoms with Gasteiger partial charge in [-0.25, -0.2) is 9.89 Å². The van der Waals surface area contributed by atoms with Crippen molar-refractivity contribution in [3.63, 3.8) is 0 Å². The number of hydrogen-bond donors (Lipinski definition) is 2. The van der Waals surface area contributed by atoms with Gasteiger partial charge in [0.05, 0.1) is 11.4 Å². The predicted molar refractivity (Wildman–Crippen MR) is 151 cm³/mol. The minimum Gasteiger partial charge on any atom is -0.352 e. The molecular formula is C28H24ClN5O3S. The van der Waals surface area contributed by atoms with Crippen molar-refractivity contribution < 1.29 is 14.4 Å². The maximum absolute atomic E-state index is 13.4. The Kier molecular flexibility index (Phi) is 7.86. The van der Waals surface area contributed by atoms with Crippen LogP contribution in [0, 0.1) is 0 Å². The molecule has 38 heavy (non-hydrogen) atoms. The van der Waals surface area contributed by atoms with Gasteiger partial charge in [-0.2, -0.15) is 0 Å². The summed E-state index contributed by atoms with van der Waals surface area (Å²) in [5.74, 6) is -0.125. The molecule has 10 heteroatoms. The number of hydrogen-bond acceptors (Lipinski definition) is 6. The fraction of sp³-hybridized carbons (Fsp3) is 0.179. The van der Waals surface area contributed by atoms with Crippen molar-refractivity contribution >= 4 is 63.5 Å². The molecule has 0 fully saturated rings. The van der Waals surface area contributed by atoms with Gasteiger partial charge in [-0.1, -0.05) is 71.9 Å². The van der Waals surface area contributed by atoms with Gasteiger partial charge in [-0.15, -0.1) is 0 Å². The Bertz CT molecular complexity index is 1440. The third-order valence-corrected chi connectivity index (χ3v) is 7.14. The van der Waals surface area contributed by atoms with Crippen LogP contribution in [0.3, 0.4) is 0 Å². The number of aliphatic imine (C=N–C) groups is 2. The highest BCUT2D eigenvalue weighted by atomic mass is 35.5. The molecule has 0 saturated heterocycles. The Morgan fingerprint density at radius 2 is 1.76 bits per heavy atom. The maximum atomic E-state index is 13.4. The van der Waals surface area contributed by atoms with Crippen LogP contribution in [-0.2, 0) is 20.9 Å². The van der Waals surface area contributed by atoms with Gasteiger partial charge in [-0.05, 0) is 42.3 Å². The van der Waals surface area contributed by atoms with E-state index in [2.05, 4.69) is 20.6 Å². The predicted octanol–water partition coefficient (Wildman–Crippen LogP) is 4.77. The van der Waals surface area contributed by atoms with Gasteiger partial charge in [-0.3, -0.25) is 19.4 Å². The zero-order chi connectivity index (χ0) is 26.5. The Morgan fingerprint density at radius 3 is 2.58 bits per heavy atom. The van der Waals surface area contributed by atoms with Crippen LogP contribution in [-0.4, -0.2) is 45.4 Å². The van der Waals surface area contributed by atoms with E-state index < -0.39 is 6.04 Å². The Labute approximate surface area is 229 Å². The number of fused-ring (bicyclic) bond motifs is 3. The summed E-state index contributed by atoms with van der Waals surface area (Å²) in [6, 6.07) is 23.2. The molecule has 0 aromatic heterocycles. The molecule has 0 spiro atoms. The van der Waals surface area contributed by atoms with Gasteiger partial charge >= 0.3 is 0 Å². The van der Waals surface area contributed by atoms with Crippen LogP contribution in [0.2, 0.25) is 5.02 Å². The van der Waals surface area contributed by atoms with E-state index in [1.165, 1.54) is 4.90 Å². The average Bonchev–Trinajstić information content (AvgIpc) is 3.26. The van der Waals surface area contributed by atoms with E-state index >= 15 is 0 Å². The first-order chi connectivity index (χ1) is 18.5. The molecule has 192 valence electrons. The van der Waals surface area contributed by atoms with Crippen LogP contribution in [0.4, 0.5) is 11.4 Å². The van der Waals surface area contributed by atoms with E-state index in [0.717, 1.165) is 22.9 Å². The number of rotatable bonds is 8. The Hall–Kier alpha value is -3.95. The van der Waals surface area contributed by atoms with Crippen molar-refractivity contribution in [3.8, 4) is 0 Å². The molecule has 8 nitrogen and oxygen atoms in total. The molecular weight excluding hydrogens is 522 g/mol. The Morgan fingerprint density at radius 1 is 0.974 bits per heavy atom. The lowest BCUT2D eigenvalue weighted by atomic mass is 10.1. The number of amides is 3. The number of para-hydroxylation sites is 1. The first-order valence-electron chi connectivity index (χ1n) is 12.1. The zero-order valence-electron chi connectivity index (χ0n) is 20.3. The van der Waals surface area contributed by atoms with Gasteiger partial charge in [0.1, 0.15) is 11.9 Å². The van der Waals surface area contributed by atoms with Gasteiger partial charge in [0, 0.05) is 29.2 Å². The molecule has 1 atom stereocenters. The molecule has 2 aliphatic rings. The second kappa shape index (κ2) is 11.6. The van der Waals surface area contributed by atoms with Crippen molar-refractivity contribution in [3.05, 3.63) is 95.0 Å². The first-order valence-corrected chi connectivity index (χ1v) is 13.4. The SMILES string of the molecule is O=C(CC[C@H]1N=C2c3ccccc3N=C(SCC(=O)Nc3cccc(Cl)c3)N2C1=O)NCc1ccccc1. The number of carbonyl (C=O) groups excluding carboxylic acids is 3. The van der Waals surface area contributed by atoms with Crippen molar-refractivity contribution in [2.45, 2.75) is 25.4 Å². The van der Waals surface area contributed by atoms with Crippen molar-refractivity contribution in [1.82, 2.24) is 10.2 Å². The molecule has 0 saturated carbocycles. The molecule has 2 N–H and O–H groups in total. The van der Waals surface area contributed by atoms with E-state index in [1.807, 2.05) is 54.6 Å². The highest BCUT2D eigenvalue weighted by molar-refractivity contribution is 8.14. The summed E-state index contributed by atoms with van der Waals surface area (Å²) in [5, 5.41) is 6.59. The highest BCUT2D eigenvalue weighted by Crippen LogP contribution is 2.34. The lowest BCUT2D eigenvalue weighted by Crippen LogP contribution is -2.41. The number of benzene rings is 3. The summed E-state index contributed by atoms with van der Waals surface area (Å²) < 4.78 is 0. The summed E-state index contributed by atoms with van der Waals surface area (Å²) in [5.41, 5.74) is 3.01. The molecule has 2 heterocycles. The second-order valence-corrected chi connectivity index (χ2v) is 10.1. The number of anilines is 1. The van der Waals surface area contributed by atoms with Crippen LogP contribution >= 0.6 is 23.4 Å². The molecule has 3 aromatic carbocycles. The van der Waals surface area contributed by atoms with Crippen LogP contribution in [0.1, 0.15) is 24.0 Å². The molecule has 0 unspecified atom stereocenters. The molecule has 2 aliphatic heterocycles. The molecule has 3 aromatic rings. The molecule has 3 amide bonds. The number of thioether (sulfide) groups is 1. The third kappa shape index (κ3) is 5.95. The number of amidine groups is 2. The van der Waals surface area contributed by atoms with Crippen LogP contribution in [0.25, 0.3) is 0 Å². The van der Waals surface area contributed by atoms with E-state index in [0.29, 0.717) is 33.9 Å². The van der Waals surface area contributed by atoms with Gasteiger partial charge in [0.15, 0.2) is 5.17 Å². The molecule has 0 bridgehead atoms. The zero-order valence-corrected chi connectivity index (χ0v) is 21.8. The third-order valence-electron chi connectivity index (χ3n) is 5.97. The summed E-state index contributed by atoms with van der Waals surface area (Å²) >= 11 is 7.15. The average molecular weight is 546 g/mol. The van der Waals surface area contributed by atoms with Crippen molar-refractivity contribution in [1.29, 1.82) is 0 Å². The Balaban J connectivity index is 1.24. The van der Waals surface area contributed by atoms with E-state index in [9.17, 15) is 14.4 Å². The van der Waals surface area contributed by atoms with E-state index in [-0.39, 0.29) is 36.3 Å². The second-order valence-electron chi connectivity index (χ2n) is 8.70. The first kappa shape index (κ1) is 25.7. The summed E-state index contributed by atoms with van der Waals surface area (Å²) in [6.45, 7) is 0.428. The largest absolute Gasteiger partial charge is 0.352 e. The van der Waals surface area contributed by atoms with Gasteiger partial charge in [0.2, 0.25) is 11.8 Å². The molecule has 5 rings (SSSR count). The molecule has 0 radical (unpaired) electrons. The standard InChI is InChI=1S/C28H24ClN5O3S/c29-19-9-6-10-20(15-19)31-25(36)17-38-28-33-22-12-5-4-11-21(22)26-32-23(27(37)34(26)28)13-14-24(35)30-16-18-7-2-1-3-8-18/h1-12,15,23H,13-14,16-17H2,(H,30,35)(H,31,36)/t23-/m1/s1. The van der Waals surface area contributed by atoms with Gasteiger partial charge in [0.25, 0.3) is 5.91 Å². The number of nitrogens with zero attached hydrogens (tertiary/aromatic N) is 3. The summed E-state index contributed by atoms with van der Waals surface area (Å²) in [7, 11) is 0. The van der Waals surface area contributed by atoms with Crippen molar-refractivity contribution in [2.24, 2.45) is 9.98 Å². The van der Waals surface area contributed by atoms with Crippen molar-refractivity contribution in [2.75, 3.05) is 11.1 Å². The fourth-order valence-corrected chi connectivity index (χ4v) is 5.12. The monoisotopic (exact) mass is 545 g/mol. The lowest BCUT2D eigenvalue weighted by molar-refractivity contribution is -0.125. The normalized spacial score (nSPS) is 15.8. The van der Waals surface area contributed by atoms with E-state index in [4.69, 9.17) is 11.6 Å². The topological polar surface area (TPSA) is 103 Å². The van der Waals surface area contributed by atoms with Crippen LogP contribution in [0.5, 0.6) is 0 Å². The quantitative estimate of drug-likeness (QED) is 0.425. The minimum atomic E-state index is -0.704. The lowest BCUT2D eigenvalue weighted by Gasteiger charge is -2.25. The molecule has 0 aliphatic carbocycles. The highest BCUT2D eigenvalue weighted by Gasteiger charge is 2.41. The van der Waals surface area contributed by atoms with Gasteiger partial charge < -0.3 is 10.6 Å². The van der Waals surface area contributed by atoms with Crippen LogP contribution < -0.4 is 10.6 Å². The number of halogens is 1. The van der Waals surface area contributed by atoms with E-state index in [1.54, 1.807) is 24.3 Å². The summed E-state index contributed by atoms with van der Waals surface area (Å²) in [6.07, 6.45) is 0.436. The number of nitrogens with one attached hydrogen (secondary N) is 2. The number of carbonyl (C=O) groups is 3. The smallest absolute Gasteiger partial charge is 0.259 e. The maximum Gasteiger partial charge on any atom is 0.259 e.